The monoisotopic (exact) mass is 260 g/mol. The first-order valence-corrected chi connectivity index (χ1v) is 7.78. The third kappa shape index (κ3) is 5.04. The van der Waals surface area contributed by atoms with E-state index in [2.05, 4.69) is 48.7 Å². The smallest absolute Gasteiger partial charge is 0.482 e. The van der Waals surface area contributed by atoms with Crippen LogP contribution in [0.2, 0.25) is 0 Å². The number of unbranched alkanes of at least 4 members (excludes halogenated alkanes) is 4. The minimum absolute atomic E-state index is 1.05. The van der Waals surface area contributed by atoms with Crippen LogP contribution in [-0.2, 0) is 12.8 Å². The molecule has 0 N–H and O–H groups in total. The highest BCUT2D eigenvalue weighted by Crippen LogP contribution is 2.25. The Balaban J connectivity index is 2.72. The zero-order valence-corrected chi connectivity index (χ0v) is 13.0. The summed E-state index contributed by atoms with van der Waals surface area (Å²) in [6.45, 7) is 4.50. The minimum atomic E-state index is 1.05. The summed E-state index contributed by atoms with van der Waals surface area (Å²) >= 11 is 2.38. The Morgan fingerprint density at radius 1 is 0.944 bits per heavy atom. The van der Waals surface area contributed by atoms with Crippen LogP contribution >= 0.6 is 0 Å². The maximum Gasteiger partial charge on any atom is 0.482 e. The number of rotatable bonds is 9. The summed E-state index contributed by atoms with van der Waals surface area (Å²) in [5, 5.41) is 0. The van der Waals surface area contributed by atoms with E-state index in [1.165, 1.54) is 56.1 Å². The third-order valence-corrected chi connectivity index (χ3v) is 3.69. The van der Waals surface area contributed by atoms with E-state index in [0.717, 1.165) is 12.2 Å². The summed E-state index contributed by atoms with van der Waals surface area (Å²) in [5.41, 5.74) is 2.91. The van der Waals surface area contributed by atoms with Crippen LogP contribution in [0.25, 0.3) is 0 Å². The molecule has 1 aromatic rings. The molecule has 1 nitrogen and oxygen atoms in total. The quantitative estimate of drug-likeness (QED) is 0.465. The number of aryl methyl sites for hydroxylation is 1. The second-order valence-corrected chi connectivity index (χ2v) is 5.16. The van der Waals surface area contributed by atoms with Crippen molar-refractivity contribution in [1.82, 2.24) is 0 Å². The molecule has 0 amide bonds. The molecule has 0 aliphatic carbocycles. The van der Waals surface area contributed by atoms with Crippen molar-refractivity contribution in [3.05, 3.63) is 29.3 Å². The van der Waals surface area contributed by atoms with Crippen LogP contribution < -0.4 is 3.79 Å². The zero-order valence-electron chi connectivity index (χ0n) is 11.9. The third-order valence-electron chi connectivity index (χ3n) is 3.44. The fourth-order valence-corrected chi connectivity index (χ4v) is 2.58. The van der Waals surface area contributed by atoms with Crippen LogP contribution in [0.5, 0.6) is 5.75 Å². The van der Waals surface area contributed by atoms with Gasteiger partial charge in [0.15, 0.2) is 0 Å². The van der Waals surface area contributed by atoms with Crippen molar-refractivity contribution in [3.8, 4) is 5.75 Å². The Bertz CT molecular complexity index is 336. The van der Waals surface area contributed by atoms with E-state index in [4.69, 9.17) is 3.79 Å². The first-order chi connectivity index (χ1) is 8.83. The minimum Gasteiger partial charge on any atom is -0.653 e. The molecule has 0 saturated heterocycles. The highest BCUT2D eigenvalue weighted by Gasteiger charge is 2.07. The Kier molecular flexibility index (Phi) is 8.22. The van der Waals surface area contributed by atoms with Gasteiger partial charge in [-0.05, 0) is 42.9 Å². The van der Waals surface area contributed by atoms with Gasteiger partial charge >= 0.3 is 16.6 Å². The van der Waals surface area contributed by atoms with Crippen LogP contribution in [0, 0.1) is 0 Å². The van der Waals surface area contributed by atoms with Gasteiger partial charge in [0.25, 0.3) is 0 Å². The highest BCUT2D eigenvalue weighted by molar-refractivity contribution is 6.00. The molecule has 0 aromatic heterocycles. The number of benzene rings is 1. The van der Waals surface area contributed by atoms with Crippen molar-refractivity contribution in [2.45, 2.75) is 65.2 Å². The molecule has 0 atom stereocenters. The van der Waals surface area contributed by atoms with E-state index in [-0.39, 0.29) is 0 Å². The second-order valence-electron chi connectivity index (χ2n) is 4.93. The summed E-state index contributed by atoms with van der Waals surface area (Å²) in [5.74, 6) is 1.05. The first-order valence-electron chi connectivity index (χ1n) is 7.31. The summed E-state index contributed by atoms with van der Waals surface area (Å²) in [7, 11) is 0. The molecular formula is C16H25AlO. The highest BCUT2D eigenvalue weighted by atomic mass is 27.1. The molecule has 18 heavy (non-hydrogen) atoms. The van der Waals surface area contributed by atoms with Gasteiger partial charge in [0, 0.05) is 0 Å². The Morgan fingerprint density at radius 3 is 2.22 bits per heavy atom. The molecule has 1 rings (SSSR count). The zero-order chi connectivity index (χ0) is 13.2. The van der Waals surface area contributed by atoms with Crippen LogP contribution in [0.1, 0.15) is 63.5 Å². The van der Waals surface area contributed by atoms with Gasteiger partial charge in [0.1, 0.15) is 0 Å². The molecule has 0 fully saturated rings. The van der Waals surface area contributed by atoms with Gasteiger partial charge in [-0.25, -0.2) is 0 Å². The summed E-state index contributed by atoms with van der Waals surface area (Å²) < 4.78 is 5.44. The predicted molar refractivity (Wildman–Crippen MR) is 79.3 cm³/mol. The van der Waals surface area contributed by atoms with Crippen molar-refractivity contribution >= 4 is 16.6 Å². The van der Waals surface area contributed by atoms with Gasteiger partial charge in [-0.3, -0.25) is 0 Å². The lowest BCUT2D eigenvalue weighted by atomic mass is 9.96. The van der Waals surface area contributed by atoms with E-state index in [0.29, 0.717) is 0 Å². The molecule has 0 saturated carbocycles. The lowest BCUT2D eigenvalue weighted by molar-refractivity contribution is 0.593. The maximum atomic E-state index is 5.44. The number of hydrogen-bond acceptors (Lipinski definition) is 1. The Labute approximate surface area is 121 Å². The standard InChI is InChI=1S/C16H26O.Al/c1-3-5-7-10-14-11-9-13-16(17)15(14)12-8-6-4-2;/h9,11,13,17H,3-8,10,12H2,1-2H3;/q;+1/p-1. The molecule has 1 aromatic carbocycles. The lowest BCUT2D eigenvalue weighted by Gasteiger charge is -2.15. The van der Waals surface area contributed by atoms with Gasteiger partial charge in [-0.1, -0.05) is 51.7 Å². The van der Waals surface area contributed by atoms with Gasteiger partial charge < -0.3 is 3.79 Å². The molecule has 0 spiro atoms. The van der Waals surface area contributed by atoms with E-state index in [1.54, 1.807) is 0 Å². The molecule has 0 heterocycles. The molecule has 0 bridgehead atoms. The second kappa shape index (κ2) is 9.48. The van der Waals surface area contributed by atoms with Gasteiger partial charge in [-0.15, -0.1) is 0 Å². The van der Waals surface area contributed by atoms with Crippen LogP contribution in [0.15, 0.2) is 18.2 Å². The molecular weight excluding hydrogens is 235 g/mol. The normalized spacial score (nSPS) is 10.6. The average molecular weight is 260 g/mol. The summed E-state index contributed by atoms with van der Waals surface area (Å²) in [4.78, 5) is 0. The predicted octanol–water partition coefficient (Wildman–Crippen LogP) is 4.61. The topological polar surface area (TPSA) is 9.23 Å². The molecule has 0 aliphatic rings. The Morgan fingerprint density at radius 2 is 1.61 bits per heavy atom. The van der Waals surface area contributed by atoms with E-state index < -0.39 is 0 Å². The van der Waals surface area contributed by atoms with Crippen LogP contribution in [0.4, 0.5) is 0 Å². The first kappa shape index (κ1) is 15.6. The van der Waals surface area contributed by atoms with Crippen molar-refractivity contribution in [1.29, 1.82) is 0 Å². The van der Waals surface area contributed by atoms with Crippen LogP contribution in [0.3, 0.4) is 0 Å². The van der Waals surface area contributed by atoms with Gasteiger partial charge in [0.05, 0.1) is 5.75 Å². The number of hydrogen-bond donors (Lipinski definition) is 0. The maximum absolute atomic E-state index is 5.44. The summed E-state index contributed by atoms with van der Waals surface area (Å²) in [6, 6.07) is 6.46. The average Bonchev–Trinajstić information content (AvgIpc) is 2.40. The molecule has 0 unspecified atom stereocenters. The van der Waals surface area contributed by atoms with Crippen molar-refractivity contribution in [3.63, 3.8) is 0 Å². The van der Waals surface area contributed by atoms with Crippen molar-refractivity contribution < 1.29 is 3.79 Å². The largest absolute Gasteiger partial charge is 0.653 e. The van der Waals surface area contributed by atoms with E-state index in [9.17, 15) is 0 Å². The van der Waals surface area contributed by atoms with Crippen molar-refractivity contribution in [2.24, 2.45) is 0 Å². The molecule has 2 radical (unpaired) electrons. The fraction of sp³-hybridized carbons (Fsp3) is 0.625. The fourth-order valence-electron chi connectivity index (χ4n) is 2.36. The lowest BCUT2D eigenvalue weighted by Crippen LogP contribution is -2.00. The summed E-state index contributed by atoms with van der Waals surface area (Å²) in [6.07, 6.45) is 10.1. The Hall–Kier alpha value is -0.448. The molecule has 0 aliphatic heterocycles. The molecule has 2 heteroatoms. The van der Waals surface area contributed by atoms with Gasteiger partial charge in [-0.2, -0.15) is 0 Å². The molecule has 98 valence electrons. The van der Waals surface area contributed by atoms with Crippen molar-refractivity contribution in [2.75, 3.05) is 0 Å². The van der Waals surface area contributed by atoms with E-state index >= 15 is 0 Å². The van der Waals surface area contributed by atoms with E-state index in [1.807, 2.05) is 0 Å². The van der Waals surface area contributed by atoms with Crippen LogP contribution in [-0.4, -0.2) is 16.6 Å². The SMILES string of the molecule is CCCCCc1cccc([O][Al])c1CCCCC. The van der Waals surface area contributed by atoms with Gasteiger partial charge in [0.2, 0.25) is 0 Å².